The first-order valence-electron chi connectivity index (χ1n) is 8.08. The SMILES string of the molecule is COC(=O)C1=C(C)N([C@H]2CCS(=O)(=O)C2)C(=O)N[C@H]1c1ccc(Cl)cc1. The zero-order chi connectivity index (χ0) is 19.1. The lowest BCUT2D eigenvalue weighted by atomic mass is 9.94. The van der Waals surface area contributed by atoms with Crippen LogP contribution in [0.5, 0.6) is 0 Å². The van der Waals surface area contributed by atoms with E-state index in [-0.39, 0.29) is 17.1 Å². The molecule has 1 aromatic carbocycles. The summed E-state index contributed by atoms with van der Waals surface area (Å²) in [5.74, 6) is -0.658. The molecule has 0 radical (unpaired) electrons. The number of allylic oxidation sites excluding steroid dienone is 1. The molecule has 2 atom stereocenters. The summed E-state index contributed by atoms with van der Waals surface area (Å²) in [4.78, 5) is 26.5. The molecule has 0 saturated carbocycles. The van der Waals surface area contributed by atoms with Crippen molar-refractivity contribution in [3.63, 3.8) is 0 Å². The monoisotopic (exact) mass is 398 g/mol. The molecule has 0 unspecified atom stereocenters. The van der Waals surface area contributed by atoms with Crippen molar-refractivity contribution >= 4 is 33.4 Å². The van der Waals surface area contributed by atoms with Crippen LogP contribution >= 0.6 is 11.6 Å². The van der Waals surface area contributed by atoms with Gasteiger partial charge < -0.3 is 10.1 Å². The number of benzene rings is 1. The largest absolute Gasteiger partial charge is 0.466 e. The average Bonchev–Trinajstić information content (AvgIpc) is 2.94. The summed E-state index contributed by atoms with van der Waals surface area (Å²) in [5, 5.41) is 3.33. The maximum absolute atomic E-state index is 12.7. The van der Waals surface area contributed by atoms with Crippen LogP contribution in [0.3, 0.4) is 0 Å². The molecule has 26 heavy (non-hydrogen) atoms. The van der Waals surface area contributed by atoms with Gasteiger partial charge in [-0.05, 0) is 31.0 Å². The van der Waals surface area contributed by atoms with E-state index in [1.165, 1.54) is 12.0 Å². The minimum absolute atomic E-state index is 0.0307. The maximum atomic E-state index is 12.7. The Balaban J connectivity index is 2.05. The smallest absolute Gasteiger partial charge is 0.337 e. The number of ether oxygens (including phenoxy) is 1. The van der Waals surface area contributed by atoms with Crippen LogP contribution in [-0.2, 0) is 19.4 Å². The summed E-state index contributed by atoms with van der Waals surface area (Å²) in [5.41, 5.74) is 1.36. The molecule has 9 heteroatoms. The number of nitrogens with one attached hydrogen (secondary N) is 1. The van der Waals surface area contributed by atoms with Gasteiger partial charge in [0.15, 0.2) is 9.84 Å². The minimum atomic E-state index is -3.18. The normalized spacial score (nSPS) is 25.2. The van der Waals surface area contributed by atoms with E-state index in [9.17, 15) is 18.0 Å². The fraction of sp³-hybridized carbons (Fsp3) is 0.412. The summed E-state index contributed by atoms with van der Waals surface area (Å²) < 4.78 is 28.5. The van der Waals surface area contributed by atoms with Gasteiger partial charge in [0.2, 0.25) is 0 Å². The number of hydrogen-bond donors (Lipinski definition) is 1. The van der Waals surface area contributed by atoms with Crippen LogP contribution in [0.25, 0.3) is 0 Å². The van der Waals surface area contributed by atoms with Crippen molar-refractivity contribution in [3.8, 4) is 0 Å². The maximum Gasteiger partial charge on any atom is 0.337 e. The fourth-order valence-corrected chi connectivity index (χ4v) is 5.28. The number of methoxy groups -OCH3 is 1. The van der Waals surface area contributed by atoms with Crippen LogP contribution < -0.4 is 5.32 Å². The van der Waals surface area contributed by atoms with Gasteiger partial charge in [0.25, 0.3) is 0 Å². The second-order valence-corrected chi connectivity index (χ2v) is 9.02. The zero-order valence-electron chi connectivity index (χ0n) is 14.4. The van der Waals surface area contributed by atoms with Crippen molar-refractivity contribution in [2.45, 2.75) is 25.4 Å². The van der Waals surface area contributed by atoms with Crippen molar-refractivity contribution in [1.29, 1.82) is 0 Å². The first-order valence-corrected chi connectivity index (χ1v) is 10.3. The standard InChI is InChI=1S/C17H19ClN2O5S/c1-10-14(16(21)25-2)15(11-3-5-12(18)6-4-11)19-17(22)20(10)13-7-8-26(23,24)9-13/h3-6,13,15H,7-9H2,1-2H3,(H,19,22)/t13-,15-/m0/s1. The van der Waals surface area contributed by atoms with Gasteiger partial charge in [0.1, 0.15) is 0 Å². The van der Waals surface area contributed by atoms with E-state index in [2.05, 4.69) is 5.32 Å². The van der Waals surface area contributed by atoms with Gasteiger partial charge in [-0.3, -0.25) is 4.90 Å². The van der Waals surface area contributed by atoms with Crippen LogP contribution in [0.15, 0.2) is 35.5 Å². The third-order valence-electron chi connectivity index (χ3n) is 4.71. The highest BCUT2D eigenvalue weighted by atomic mass is 35.5. The second kappa shape index (κ2) is 6.92. The van der Waals surface area contributed by atoms with Gasteiger partial charge in [-0.2, -0.15) is 0 Å². The highest BCUT2D eigenvalue weighted by molar-refractivity contribution is 7.91. The number of esters is 1. The molecule has 3 rings (SSSR count). The first kappa shape index (κ1) is 18.7. The molecule has 0 spiro atoms. The first-order chi connectivity index (χ1) is 12.2. The Morgan fingerprint density at radius 2 is 1.96 bits per heavy atom. The summed E-state index contributed by atoms with van der Waals surface area (Å²) in [6, 6.07) is 5.16. The van der Waals surface area contributed by atoms with Crippen LogP contribution in [-0.4, -0.2) is 50.0 Å². The quantitative estimate of drug-likeness (QED) is 0.786. The Morgan fingerprint density at radius 3 is 2.50 bits per heavy atom. The molecule has 1 aromatic rings. The molecule has 2 aliphatic rings. The number of carbonyl (C=O) groups is 2. The summed E-state index contributed by atoms with van der Waals surface area (Å²) in [6.07, 6.45) is 0.340. The fourth-order valence-electron chi connectivity index (χ4n) is 3.46. The molecule has 2 heterocycles. The van der Waals surface area contributed by atoms with Crippen molar-refractivity contribution in [2.75, 3.05) is 18.6 Å². The third-order valence-corrected chi connectivity index (χ3v) is 6.71. The summed E-state index contributed by atoms with van der Waals surface area (Å²) in [6.45, 7) is 1.64. The van der Waals surface area contributed by atoms with Crippen LogP contribution in [0, 0.1) is 0 Å². The predicted octanol–water partition coefficient (Wildman–Crippen LogP) is 2.04. The van der Waals surface area contributed by atoms with E-state index < -0.39 is 33.9 Å². The summed E-state index contributed by atoms with van der Waals surface area (Å²) in [7, 11) is -1.91. The highest BCUT2D eigenvalue weighted by Crippen LogP contribution is 2.34. The van der Waals surface area contributed by atoms with Gasteiger partial charge in [-0.25, -0.2) is 18.0 Å². The van der Waals surface area contributed by atoms with Crippen LogP contribution in [0.2, 0.25) is 5.02 Å². The Kier molecular flexibility index (Phi) is 4.98. The van der Waals surface area contributed by atoms with Crippen LogP contribution in [0.1, 0.15) is 24.9 Å². The Morgan fingerprint density at radius 1 is 1.31 bits per heavy atom. The molecule has 7 nitrogen and oxygen atoms in total. The summed E-state index contributed by atoms with van der Waals surface area (Å²) >= 11 is 5.91. The molecular weight excluding hydrogens is 380 g/mol. The molecule has 1 N–H and O–H groups in total. The molecule has 0 aliphatic carbocycles. The Labute approximate surface area is 156 Å². The predicted molar refractivity (Wildman–Crippen MR) is 96.3 cm³/mol. The number of amides is 2. The molecule has 140 valence electrons. The van der Waals surface area contributed by atoms with Crippen molar-refractivity contribution in [1.82, 2.24) is 10.2 Å². The molecule has 1 fully saturated rings. The molecule has 0 aromatic heterocycles. The lowest BCUT2D eigenvalue weighted by Gasteiger charge is -2.38. The lowest BCUT2D eigenvalue weighted by molar-refractivity contribution is -0.136. The number of rotatable bonds is 3. The van der Waals surface area contributed by atoms with Crippen molar-refractivity contribution < 1.29 is 22.7 Å². The molecule has 2 aliphatic heterocycles. The van der Waals surface area contributed by atoms with Gasteiger partial charge in [0, 0.05) is 10.7 Å². The highest BCUT2D eigenvalue weighted by Gasteiger charge is 2.42. The number of hydrogen-bond acceptors (Lipinski definition) is 5. The van der Waals surface area contributed by atoms with E-state index in [1.54, 1.807) is 31.2 Å². The topological polar surface area (TPSA) is 92.8 Å². The molecule has 0 bridgehead atoms. The minimum Gasteiger partial charge on any atom is -0.466 e. The number of sulfone groups is 1. The van der Waals surface area contributed by atoms with Crippen molar-refractivity contribution in [3.05, 3.63) is 46.1 Å². The zero-order valence-corrected chi connectivity index (χ0v) is 15.9. The average molecular weight is 399 g/mol. The molecule has 1 saturated heterocycles. The van der Waals surface area contributed by atoms with Gasteiger partial charge in [-0.1, -0.05) is 23.7 Å². The Hall–Kier alpha value is -2.06. The molecule has 2 amide bonds. The number of nitrogens with zero attached hydrogens (tertiary/aromatic N) is 1. The number of urea groups is 1. The lowest BCUT2D eigenvalue weighted by Crippen LogP contribution is -2.52. The van der Waals surface area contributed by atoms with E-state index >= 15 is 0 Å². The number of halogens is 1. The van der Waals surface area contributed by atoms with Gasteiger partial charge in [-0.15, -0.1) is 0 Å². The number of carbonyl (C=O) groups excluding carboxylic acids is 2. The van der Waals surface area contributed by atoms with E-state index in [0.717, 1.165) is 0 Å². The van der Waals surface area contributed by atoms with Crippen LogP contribution in [0.4, 0.5) is 4.79 Å². The van der Waals surface area contributed by atoms with Crippen molar-refractivity contribution in [2.24, 2.45) is 0 Å². The van der Waals surface area contributed by atoms with Gasteiger partial charge in [0.05, 0.1) is 36.3 Å². The van der Waals surface area contributed by atoms with E-state index in [4.69, 9.17) is 16.3 Å². The van der Waals surface area contributed by atoms with Gasteiger partial charge >= 0.3 is 12.0 Å². The second-order valence-electron chi connectivity index (χ2n) is 6.35. The van der Waals surface area contributed by atoms with E-state index in [1.807, 2.05) is 0 Å². The van der Waals surface area contributed by atoms with E-state index in [0.29, 0.717) is 22.7 Å². The Bertz CT molecular complexity index is 879. The molecular formula is C17H19ClN2O5S. The third kappa shape index (κ3) is 3.43.